The van der Waals surface area contributed by atoms with Gasteiger partial charge in [0.2, 0.25) is 0 Å². The van der Waals surface area contributed by atoms with Crippen molar-refractivity contribution in [1.82, 2.24) is 0 Å². The first kappa shape index (κ1) is 10.2. The van der Waals surface area contributed by atoms with E-state index in [0.717, 1.165) is 0 Å². The smallest absolute Gasteiger partial charge is 0.387 e. The molecule has 0 amide bonds. The highest BCUT2D eigenvalue weighted by Crippen LogP contribution is 2.26. The summed E-state index contributed by atoms with van der Waals surface area (Å²) in [4.78, 5) is 0. The molecule has 0 fully saturated rings. The van der Waals surface area contributed by atoms with Crippen LogP contribution in [0.3, 0.4) is 0 Å². The van der Waals surface area contributed by atoms with Crippen LogP contribution in [-0.4, -0.2) is 11.7 Å². The van der Waals surface area contributed by atoms with E-state index in [1.165, 1.54) is 18.2 Å². The number of ether oxygens (including phenoxy) is 1. The number of hydrogen-bond donors (Lipinski definition) is 1. The highest BCUT2D eigenvalue weighted by Gasteiger charge is 2.08. The molecule has 1 aromatic rings. The molecule has 2 nitrogen and oxygen atoms in total. The van der Waals surface area contributed by atoms with Crippen molar-refractivity contribution in [2.75, 3.05) is 0 Å². The lowest BCUT2D eigenvalue weighted by atomic mass is 10.2. The van der Waals surface area contributed by atoms with Gasteiger partial charge in [-0.3, -0.25) is 0 Å². The molecule has 1 aromatic carbocycles. The van der Waals surface area contributed by atoms with Gasteiger partial charge in [-0.1, -0.05) is 17.7 Å². The first-order valence-corrected chi connectivity index (χ1v) is 3.85. The molecule has 0 saturated carbocycles. The predicted octanol–water partition coefficient (Wildman–Crippen LogP) is 2.43. The zero-order valence-electron chi connectivity index (χ0n) is 6.51. The van der Waals surface area contributed by atoms with Crippen LogP contribution in [0.25, 0.3) is 0 Å². The van der Waals surface area contributed by atoms with Crippen molar-refractivity contribution in [3.63, 3.8) is 0 Å². The molecule has 0 heterocycles. The summed E-state index contributed by atoms with van der Waals surface area (Å²) in [6.07, 6.45) is 0. The van der Waals surface area contributed by atoms with Crippen LogP contribution >= 0.6 is 11.6 Å². The Morgan fingerprint density at radius 1 is 1.46 bits per heavy atom. The molecule has 0 atom stereocenters. The van der Waals surface area contributed by atoms with Gasteiger partial charge in [0.1, 0.15) is 5.75 Å². The van der Waals surface area contributed by atoms with E-state index in [9.17, 15) is 8.78 Å². The Hall–Kier alpha value is -0.870. The van der Waals surface area contributed by atoms with Crippen LogP contribution in [0.2, 0.25) is 5.02 Å². The number of aliphatic hydroxyl groups is 1. The fourth-order valence-corrected chi connectivity index (χ4v) is 1.08. The fraction of sp³-hybridized carbons (Fsp3) is 0.250. The summed E-state index contributed by atoms with van der Waals surface area (Å²) in [5, 5.41) is 8.75. The molecule has 0 aromatic heterocycles. The average molecular weight is 209 g/mol. The molecule has 0 saturated heterocycles. The highest BCUT2D eigenvalue weighted by atomic mass is 35.5. The molecule has 0 spiro atoms. The molecule has 0 aliphatic heterocycles. The van der Waals surface area contributed by atoms with E-state index >= 15 is 0 Å². The third-order valence-electron chi connectivity index (χ3n) is 1.39. The molecule has 1 rings (SSSR count). The fourth-order valence-electron chi connectivity index (χ4n) is 0.834. The van der Waals surface area contributed by atoms with Gasteiger partial charge in [0.25, 0.3) is 0 Å². The summed E-state index contributed by atoms with van der Waals surface area (Å²) in [6.45, 7) is -3.08. The van der Waals surface area contributed by atoms with Crippen molar-refractivity contribution in [1.29, 1.82) is 0 Å². The van der Waals surface area contributed by atoms with E-state index in [1.807, 2.05) is 0 Å². The Labute approximate surface area is 78.7 Å². The van der Waals surface area contributed by atoms with Gasteiger partial charge < -0.3 is 9.84 Å². The van der Waals surface area contributed by atoms with Gasteiger partial charge >= 0.3 is 6.61 Å². The van der Waals surface area contributed by atoms with E-state index in [1.54, 1.807) is 0 Å². The summed E-state index contributed by atoms with van der Waals surface area (Å²) < 4.78 is 27.6. The Bertz CT molecular complexity index is 291. The van der Waals surface area contributed by atoms with E-state index in [2.05, 4.69) is 4.74 Å². The van der Waals surface area contributed by atoms with Gasteiger partial charge in [0.05, 0.1) is 11.6 Å². The van der Waals surface area contributed by atoms with Crippen LogP contribution < -0.4 is 4.74 Å². The SMILES string of the molecule is OCc1ccc(OC(F)F)c(Cl)c1. The number of rotatable bonds is 3. The Kier molecular flexibility index (Phi) is 3.45. The average Bonchev–Trinajstić information content (AvgIpc) is 2.08. The van der Waals surface area contributed by atoms with Crippen LogP contribution in [0.15, 0.2) is 18.2 Å². The second-order valence-electron chi connectivity index (χ2n) is 2.30. The van der Waals surface area contributed by atoms with E-state index < -0.39 is 6.61 Å². The zero-order chi connectivity index (χ0) is 9.84. The highest BCUT2D eigenvalue weighted by molar-refractivity contribution is 6.32. The molecule has 0 bridgehead atoms. The lowest BCUT2D eigenvalue weighted by Gasteiger charge is -2.06. The van der Waals surface area contributed by atoms with Gasteiger partial charge in [-0.2, -0.15) is 8.78 Å². The van der Waals surface area contributed by atoms with Crippen molar-refractivity contribution in [3.05, 3.63) is 28.8 Å². The maximum atomic E-state index is 11.8. The number of benzene rings is 1. The first-order valence-electron chi connectivity index (χ1n) is 3.47. The molecule has 13 heavy (non-hydrogen) atoms. The van der Waals surface area contributed by atoms with Gasteiger partial charge in [0, 0.05) is 0 Å². The van der Waals surface area contributed by atoms with Gasteiger partial charge in [-0.15, -0.1) is 0 Å². The van der Waals surface area contributed by atoms with E-state index in [4.69, 9.17) is 16.7 Å². The van der Waals surface area contributed by atoms with Crippen molar-refractivity contribution >= 4 is 11.6 Å². The summed E-state index contributed by atoms with van der Waals surface area (Å²) in [6, 6.07) is 4.13. The van der Waals surface area contributed by atoms with Gasteiger partial charge in [-0.25, -0.2) is 0 Å². The summed E-state index contributed by atoms with van der Waals surface area (Å²) in [5.74, 6) is -0.0890. The third kappa shape index (κ3) is 2.82. The lowest BCUT2D eigenvalue weighted by Crippen LogP contribution is -2.02. The molecular weight excluding hydrogens is 202 g/mol. The second-order valence-corrected chi connectivity index (χ2v) is 2.71. The van der Waals surface area contributed by atoms with Crippen LogP contribution in [0.1, 0.15) is 5.56 Å². The molecule has 0 radical (unpaired) electrons. The van der Waals surface area contributed by atoms with Crippen LogP contribution in [0.5, 0.6) is 5.75 Å². The van der Waals surface area contributed by atoms with Gasteiger partial charge in [-0.05, 0) is 17.7 Å². The molecule has 1 N–H and O–H groups in total. The number of hydrogen-bond acceptors (Lipinski definition) is 2. The topological polar surface area (TPSA) is 29.5 Å². The van der Waals surface area contributed by atoms with E-state index in [0.29, 0.717) is 5.56 Å². The first-order chi connectivity index (χ1) is 6.13. The summed E-state index contributed by atoms with van der Waals surface area (Å²) >= 11 is 5.58. The maximum absolute atomic E-state index is 11.8. The van der Waals surface area contributed by atoms with Crippen molar-refractivity contribution in [2.45, 2.75) is 13.2 Å². The molecule has 0 unspecified atom stereocenters. The molecule has 0 aliphatic rings. The largest absolute Gasteiger partial charge is 0.433 e. The Balaban J connectivity index is 2.85. The minimum absolute atomic E-state index is 0.0619. The van der Waals surface area contributed by atoms with Crippen LogP contribution in [0.4, 0.5) is 8.78 Å². The maximum Gasteiger partial charge on any atom is 0.387 e. The Morgan fingerprint density at radius 3 is 2.62 bits per heavy atom. The molecule has 0 aliphatic carbocycles. The zero-order valence-corrected chi connectivity index (χ0v) is 7.26. The Morgan fingerprint density at radius 2 is 2.15 bits per heavy atom. The number of alkyl halides is 2. The summed E-state index contributed by atoms with van der Waals surface area (Å²) in [7, 11) is 0. The summed E-state index contributed by atoms with van der Waals surface area (Å²) in [5.41, 5.74) is 0.548. The molecular formula is C8H7ClF2O2. The predicted molar refractivity (Wildman–Crippen MR) is 44.0 cm³/mol. The minimum atomic E-state index is -2.89. The molecule has 5 heteroatoms. The van der Waals surface area contributed by atoms with Crippen LogP contribution in [0, 0.1) is 0 Å². The van der Waals surface area contributed by atoms with Crippen molar-refractivity contribution in [3.8, 4) is 5.75 Å². The van der Waals surface area contributed by atoms with Crippen molar-refractivity contribution < 1.29 is 18.6 Å². The lowest BCUT2D eigenvalue weighted by molar-refractivity contribution is -0.0497. The van der Waals surface area contributed by atoms with Gasteiger partial charge in [0.15, 0.2) is 0 Å². The standard InChI is InChI=1S/C8H7ClF2O2/c9-6-3-5(4-12)1-2-7(6)13-8(10)11/h1-3,8,12H,4H2. The number of aliphatic hydroxyl groups excluding tert-OH is 1. The van der Waals surface area contributed by atoms with Crippen LogP contribution in [-0.2, 0) is 6.61 Å². The second kappa shape index (κ2) is 4.39. The molecule has 72 valence electrons. The third-order valence-corrected chi connectivity index (χ3v) is 1.69. The quantitative estimate of drug-likeness (QED) is 0.827. The number of halogens is 3. The van der Waals surface area contributed by atoms with E-state index in [-0.39, 0.29) is 17.4 Å². The normalized spacial score (nSPS) is 10.5. The minimum Gasteiger partial charge on any atom is -0.433 e. The monoisotopic (exact) mass is 208 g/mol. The van der Waals surface area contributed by atoms with Crippen molar-refractivity contribution in [2.24, 2.45) is 0 Å².